The summed E-state index contributed by atoms with van der Waals surface area (Å²) < 4.78 is 7.05. The second kappa shape index (κ2) is 8.35. The van der Waals surface area contributed by atoms with Crippen LogP contribution < -0.4 is 4.90 Å². The van der Waals surface area contributed by atoms with E-state index in [1.54, 1.807) is 36.4 Å². The van der Waals surface area contributed by atoms with Gasteiger partial charge < -0.3 is 4.42 Å². The first-order chi connectivity index (χ1) is 14.3. The Bertz CT molecular complexity index is 1220. The van der Waals surface area contributed by atoms with Crippen LogP contribution in [0, 0.1) is 10.1 Å². The van der Waals surface area contributed by atoms with Crippen LogP contribution in [-0.2, 0) is 4.79 Å². The van der Waals surface area contributed by atoms with Crippen molar-refractivity contribution in [2.45, 2.75) is 0 Å². The predicted octanol–water partition coefficient (Wildman–Crippen LogP) is 6.68. The van der Waals surface area contributed by atoms with Gasteiger partial charge in [0.25, 0.3) is 11.6 Å². The number of hydrogen-bond acceptors (Lipinski definition) is 6. The second-order valence-electron chi connectivity index (χ2n) is 6.11. The summed E-state index contributed by atoms with van der Waals surface area (Å²) in [5, 5.41) is 11.6. The average Bonchev–Trinajstić information content (AvgIpc) is 3.27. The lowest BCUT2D eigenvalue weighted by atomic mass is 10.1. The highest BCUT2D eigenvalue weighted by Crippen LogP contribution is 2.38. The minimum Gasteiger partial charge on any atom is -0.456 e. The maximum absolute atomic E-state index is 12.9. The number of carbonyl (C=O) groups excluding carboxylic acids is 1. The summed E-state index contributed by atoms with van der Waals surface area (Å²) in [4.78, 5) is 25.5. The van der Waals surface area contributed by atoms with E-state index >= 15 is 0 Å². The molecule has 2 heterocycles. The molecule has 150 valence electrons. The van der Waals surface area contributed by atoms with E-state index in [0.717, 1.165) is 16.2 Å². The molecule has 0 bridgehead atoms. The maximum Gasteiger partial charge on any atom is 0.281 e. The summed E-state index contributed by atoms with van der Waals surface area (Å²) in [6.45, 7) is 0. The second-order valence-corrected chi connectivity index (χ2v) is 9.14. The van der Waals surface area contributed by atoms with E-state index in [1.807, 2.05) is 12.1 Å². The monoisotopic (exact) mass is 520 g/mol. The fourth-order valence-electron chi connectivity index (χ4n) is 2.85. The molecule has 0 aliphatic carbocycles. The highest BCUT2D eigenvalue weighted by molar-refractivity contribution is 9.10. The van der Waals surface area contributed by atoms with Gasteiger partial charge in [0.05, 0.1) is 21.1 Å². The lowest BCUT2D eigenvalue weighted by Crippen LogP contribution is -2.27. The lowest BCUT2D eigenvalue weighted by molar-refractivity contribution is -0.384. The normalized spacial score (nSPS) is 15.3. The molecule has 1 amide bonds. The van der Waals surface area contributed by atoms with Gasteiger partial charge in [-0.2, -0.15) is 0 Å². The van der Waals surface area contributed by atoms with E-state index < -0.39 is 4.92 Å². The first-order valence-corrected chi connectivity index (χ1v) is 10.8. The Kier molecular flexibility index (Phi) is 5.79. The van der Waals surface area contributed by atoms with Crippen LogP contribution in [0.4, 0.5) is 11.4 Å². The fourth-order valence-corrected chi connectivity index (χ4v) is 4.56. The molecule has 1 aliphatic heterocycles. The molecule has 2 aromatic carbocycles. The summed E-state index contributed by atoms with van der Waals surface area (Å²) in [5.74, 6) is 0.418. The van der Waals surface area contributed by atoms with Gasteiger partial charge in [0.1, 0.15) is 11.5 Å². The first kappa shape index (κ1) is 20.8. The number of anilines is 1. The van der Waals surface area contributed by atoms with E-state index in [4.69, 9.17) is 28.2 Å². The number of nitro benzene ring substituents is 1. The number of nitro groups is 1. The van der Waals surface area contributed by atoms with Crippen LogP contribution in [0.2, 0.25) is 5.02 Å². The van der Waals surface area contributed by atoms with Gasteiger partial charge in [-0.15, -0.1) is 0 Å². The van der Waals surface area contributed by atoms with Gasteiger partial charge in [0, 0.05) is 21.6 Å². The third-order valence-corrected chi connectivity index (χ3v) is 6.27. The molecule has 0 unspecified atom stereocenters. The topological polar surface area (TPSA) is 76.6 Å². The van der Waals surface area contributed by atoms with Gasteiger partial charge >= 0.3 is 0 Å². The van der Waals surface area contributed by atoms with Crippen LogP contribution in [0.25, 0.3) is 17.4 Å². The molecule has 30 heavy (non-hydrogen) atoms. The number of halogens is 2. The number of thioether (sulfide) groups is 1. The molecule has 0 saturated carbocycles. The molecular formula is C20H10BrClN2O4S2. The molecule has 4 rings (SSSR count). The van der Waals surface area contributed by atoms with Gasteiger partial charge in [-0.05, 0) is 48.5 Å². The summed E-state index contributed by atoms with van der Waals surface area (Å²) in [6.07, 6.45) is 1.57. The van der Waals surface area contributed by atoms with Crippen LogP contribution >= 0.6 is 51.5 Å². The number of carbonyl (C=O) groups is 1. The molecule has 3 aromatic rings. The highest BCUT2D eigenvalue weighted by atomic mass is 79.9. The van der Waals surface area contributed by atoms with Gasteiger partial charge in [0.15, 0.2) is 4.32 Å². The van der Waals surface area contributed by atoms with Crippen molar-refractivity contribution in [3.8, 4) is 11.3 Å². The Morgan fingerprint density at radius 2 is 1.90 bits per heavy atom. The van der Waals surface area contributed by atoms with Crippen molar-refractivity contribution in [1.82, 2.24) is 0 Å². The number of thiocarbonyl (C=S) groups is 1. The minimum absolute atomic E-state index is 0.162. The van der Waals surface area contributed by atoms with Crippen LogP contribution in [0.1, 0.15) is 5.76 Å². The van der Waals surface area contributed by atoms with E-state index in [1.165, 1.54) is 17.0 Å². The minimum atomic E-state index is -0.521. The molecular weight excluding hydrogens is 512 g/mol. The van der Waals surface area contributed by atoms with Crippen molar-refractivity contribution < 1.29 is 14.1 Å². The SMILES string of the molecule is O=C1/C(=C\c2ccc(-c3ccc(Cl)cc3[N+](=O)[O-])o2)SC(=S)N1c1ccc(Br)cc1. The summed E-state index contributed by atoms with van der Waals surface area (Å²) >= 11 is 15.8. The average molecular weight is 522 g/mol. The molecule has 1 aromatic heterocycles. The zero-order valence-electron chi connectivity index (χ0n) is 14.9. The quantitative estimate of drug-likeness (QED) is 0.165. The molecule has 0 N–H and O–H groups in total. The smallest absolute Gasteiger partial charge is 0.281 e. The highest BCUT2D eigenvalue weighted by Gasteiger charge is 2.33. The zero-order valence-corrected chi connectivity index (χ0v) is 18.8. The van der Waals surface area contributed by atoms with Crippen LogP contribution in [-0.4, -0.2) is 15.2 Å². The molecule has 0 atom stereocenters. The van der Waals surface area contributed by atoms with E-state index in [2.05, 4.69) is 15.9 Å². The Morgan fingerprint density at radius 3 is 2.60 bits per heavy atom. The number of amides is 1. The van der Waals surface area contributed by atoms with E-state index in [-0.39, 0.29) is 16.6 Å². The molecule has 1 saturated heterocycles. The standard InChI is InChI=1S/C20H10BrClN2O4S2/c21-11-1-4-13(5-2-11)23-19(25)18(30-20(23)29)10-14-6-8-17(28-14)15-7-3-12(22)9-16(15)24(26)27/h1-10H/b18-10+. The van der Waals surface area contributed by atoms with Gasteiger partial charge in [-0.25, -0.2) is 0 Å². The van der Waals surface area contributed by atoms with Gasteiger partial charge in [0.2, 0.25) is 0 Å². The Hall–Kier alpha value is -2.46. The third-order valence-electron chi connectivity index (χ3n) is 4.20. The van der Waals surface area contributed by atoms with E-state index in [0.29, 0.717) is 32.0 Å². The number of furan rings is 1. The molecule has 0 radical (unpaired) electrons. The predicted molar refractivity (Wildman–Crippen MR) is 126 cm³/mol. The van der Waals surface area contributed by atoms with Crippen molar-refractivity contribution in [2.75, 3.05) is 4.90 Å². The van der Waals surface area contributed by atoms with Crippen molar-refractivity contribution in [1.29, 1.82) is 0 Å². The molecule has 1 fully saturated rings. The number of nitrogens with zero attached hydrogens (tertiary/aromatic N) is 2. The summed E-state index contributed by atoms with van der Waals surface area (Å²) in [6, 6.07) is 14.8. The lowest BCUT2D eigenvalue weighted by Gasteiger charge is -2.14. The number of rotatable bonds is 4. The molecule has 10 heteroatoms. The Balaban J connectivity index is 1.64. The third kappa shape index (κ3) is 4.06. The first-order valence-electron chi connectivity index (χ1n) is 8.41. The largest absolute Gasteiger partial charge is 0.456 e. The molecule has 1 aliphatic rings. The Labute approximate surface area is 193 Å². The maximum atomic E-state index is 12.9. The van der Waals surface area contributed by atoms with Crippen molar-refractivity contribution >= 4 is 79.2 Å². The van der Waals surface area contributed by atoms with Gasteiger partial charge in [-0.1, -0.05) is 51.5 Å². The van der Waals surface area contributed by atoms with Crippen molar-refractivity contribution in [2.24, 2.45) is 0 Å². The summed E-state index contributed by atoms with van der Waals surface area (Å²) in [5.41, 5.74) is 0.803. The van der Waals surface area contributed by atoms with Crippen LogP contribution in [0.5, 0.6) is 0 Å². The number of hydrogen-bond donors (Lipinski definition) is 0. The van der Waals surface area contributed by atoms with Gasteiger partial charge in [-0.3, -0.25) is 19.8 Å². The molecule has 6 nitrogen and oxygen atoms in total. The van der Waals surface area contributed by atoms with Crippen LogP contribution in [0.3, 0.4) is 0 Å². The van der Waals surface area contributed by atoms with Crippen molar-refractivity contribution in [3.63, 3.8) is 0 Å². The van der Waals surface area contributed by atoms with E-state index in [9.17, 15) is 14.9 Å². The van der Waals surface area contributed by atoms with Crippen molar-refractivity contribution in [3.05, 3.63) is 84.9 Å². The fraction of sp³-hybridized carbons (Fsp3) is 0. The molecule has 0 spiro atoms. The Morgan fingerprint density at radius 1 is 1.17 bits per heavy atom. The number of benzene rings is 2. The van der Waals surface area contributed by atoms with Crippen LogP contribution in [0.15, 0.2) is 68.4 Å². The summed E-state index contributed by atoms with van der Waals surface area (Å²) in [7, 11) is 0. The zero-order chi connectivity index (χ0) is 21.4.